The molecule has 1 heterocycles. The number of nitrogen functional groups attached to an aromatic ring is 1. The number of hydrogen-bond acceptors (Lipinski definition) is 3. The predicted octanol–water partition coefficient (Wildman–Crippen LogP) is 4.55. The van der Waals surface area contributed by atoms with Crippen molar-refractivity contribution in [2.45, 2.75) is 25.9 Å². The summed E-state index contributed by atoms with van der Waals surface area (Å²) in [5.74, 6) is 0.140. The third-order valence-electron chi connectivity index (χ3n) is 3.02. The molecule has 2 rings (SSSR count). The van der Waals surface area contributed by atoms with E-state index in [1.807, 2.05) is 32.0 Å². The molecule has 0 spiro atoms. The lowest BCUT2D eigenvalue weighted by atomic mass is 10.0. The van der Waals surface area contributed by atoms with Crippen molar-refractivity contribution in [1.29, 1.82) is 0 Å². The van der Waals surface area contributed by atoms with E-state index in [0.717, 1.165) is 23.4 Å². The van der Waals surface area contributed by atoms with Crippen LogP contribution in [-0.4, -0.2) is 4.98 Å². The van der Waals surface area contributed by atoms with Crippen molar-refractivity contribution in [2.24, 2.45) is 0 Å². The van der Waals surface area contributed by atoms with E-state index in [4.69, 9.17) is 5.73 Å². The number of aromatic nitrogens is 1. The van der Waals surface area contributed by atoms with Crippen LogP contribution in [0.4, 0.5) is 30.5 Å². The molecule has 0 aliphatic rings. The van der Waals surface area contributed by atoms with Crippen molar-refractivity contribution in [2.75, 3.05) is 11.1 Å². The Bertz CT molecular complexity index is 636. The normalized spacial score (nSPS) is 11.7. The van der Waals surface area contributed by atoms with Gasteiger partial charge in [0.05, 0.1) is 5.56 Å². The first-order valence-electron chi connectivity index (χ1n) is 6.48. The van der Waals surface area contributed by atoms with E-state index in [2.05, 4.69) is 10.3 Å². The van der Waals surface area contributed by atoms with Crippen molar-refractivity contribution in [3.05, 3.63) is 47.5 Å². The van der Waals surface area contributed by atoms with E-state index in [9.17, 15) is 13.2 Å². The summed E-state index contributed by atoms with van der Waals surface area (Å²) in [6, 6.07) is 9.18. The Hall–Kier alpha value is -2.24. The first-order valence-corrected chi connectivity index (χ1v) is 6.48. The van der Waals surface area contributed by atoms with Crippen LogP contribution >= 0.6 is 0 Å². The minimum Gasteiger partial charge on any atom is -0.384 e. The molecule has 0 saturated heterocycles. The molecule has 6 heteroatoms. The smallest absolute Gasteiger partial charge is 0.384 e. The number of nitrogens with one attached hydrogen (secondary N) is 1. The molecule has 0 fully saturated rings. The van der Waals surface area contributed by atoms with Crippen molar-refractivity contribution in [1.82, 2.24) is 4.98 Å². The molecule has 0 saturated carbocycles. The monoisotopic (exact) mass is 295 g/mol. The number of rotatable bonds is 3. The molecule has 1 aromatic carbocycles. The molecule has 0 radical (unpaired) electrons. The van der Waals surface area contributed by atoms with Crippen molar-refractivity contribution in [3.63, 3.8) is 0 Å². The number of halogens is 3. The van der Waals surface area contributed by atoms with E-state index in [1.54, 1.807) is 6.07 Å². The molecule has 1 aromatic heterocycles. The maximum absolute atomic E-state index is 12.8. The van der Waals surface area contributed by atoms with Gasteiger partial charge in [-0.2, -0.15) is 13.2 Å². The van der Waals surface area contributed by atoms with Gasteiger partial charge in [0.1, 0.15) is 11.6 Å². The summed E-state index contributed by atoms with van der Waals surface area (Å²) in [6.45, 7) is 4.02. The van der Waals surface area contributed by atoms with Gasteiger partial charge in [-0.3, -0.25) is 0 Å². The molecule has 112 valence electrons. The highest BCUT2D eigenvalue weighted by Crippen LogP contribution is 2.33. The number of nitrogens with two attached hydrogens (primary N) is 1. The average molecular weight is 295 g/mol. The fourth-order valence-electron chi connectivity index (χ4n) is 2.03. The van der Waals surface area contributed by atoms with Crippen LogP contribution in [0, 0.1) is 0 Å². The Morgan fingerprint density at radius 3 is 2.43 bits per heavy atom. The molecule has 0 unspecified atom stereocenters. The SMILES string of the molecule is CC(C)c1ccccc1Nc1cc(C(F)(F)F)cc(N)n1. The van der Waals surface area contributed by atoms with Gasteiger partial charge in [-0.25, -0.2) is 4.98 Å². The zero-order valence-corrected chi connectivity index (χ0v) is 11.7. The van der Waals surface area contributed by atoms with Crippen LogP contribution in [0.5, 0.6) is 0 Å². The van der Waals surface area contributed by atoms with Gasteiger partial charge in [-0.1, -0.05) is 32.0 Å². The minimum atomic E-state index is -4.45. The summed E-state index contributed by atoms with van der Waals surface area (Å²) < 4.78 is 38.3. The van der Waals surface area contributed by atoms with Gasteiger partial charge in [0.2, 0.25) is 0 Å². The molecule has 21 heavy (non-hydrogen) atoms. The van der Waals surface area contributed by atoms with Gasteiger partial charge >= 0.3 is 6.18 Å². The summed E-state index contributed by atoms with van der Waals surface area (Å²) in [6.07, 6.45) is -4.45. The highest BCUT2D eigenvalue weighted by molar-refractivity contribution is 5.63. The predicted molar refractivity (Wildman–Crippen MR) is 77.5 cm³/mol. The van der Waals surface area contributed by atoms with Crippen LogP contribution in [-0.2, 0) is 6.18 Å². The summed E-state index contributed by atoms with van der Waals surface area (Å²) in [4.78, 5) is 3.91. The molecule has 2 aromatic rings. The lowest BCUT2D eigenvalue weighted by molar-refractivity contribution is -0.137. The zero-order chi connectivity index (χ0) is 15.6. The second kappa shape index (κ2) is 5.63. The van der Waals surface area contributed by atoms with Crippen LogP contribution < -0.4 is 11.1 Å². The topological polar surface area (TPSA) is 50.9 Å². The Balaban J connectivity index is 2.39. The summed E-state index contributed by atoms with van der Waals surface area (Å²) in [5.41, 5.74) is 6.35. The maximum Gasteiger partial charge on any atom is 0.416 e. The van der Waals surface area contributed by atoms with Crippen molar-refractivity contribution in [3.8, 4) is 0 Å². The fraction of sp³-hybridized carbons (Fsp3) is 0.267. The van der Waals surface area contributed by atoms with Gasteiger partial charge in [0, 0.05) is 5.69 Å². The third kappa shape index (κ3) is 3.65. The van der Waals surface area contributed by atoms with Crippen LogP contribution in [0.3, 0.4) is 0 Å². The molecule has 3 N–H and O–H groups in total. The van der Waals surface area contributed by atoms with Crippen LogP contribution in [0.2, 0.25) is 0 Å². The quantitative estimate of drug-likeness (QED) is 0.873. The molecular weight excluding hydrogens is 279 g/mol. The Labute approximate surface area is 121 Å². The van der Waals surface area contributed by atoms with Crippen molar-refractivity contribution >= 4 is 17.3 Å². The van der Waals surface area contributed by atoms with Gasteiger partial charge in [-0.15, -0.1) is 0 Å². The Kier molecular flexibility index (Phi) is 4.06. The first kappa shape index (κ1) is 15.2. The summed E-state index contributed by atoms with van der Waals surface area (Å²) in [7, 11) is 0. The van der Waals surface area contributed by atoms with E-state index >= 15 is 0 Å². The highest BCUT2D eigenvalue weighted by atomic mass is 19.4. The van der Waals surface area contributed by atoms with E-state index in [-0.39, 0.29) is 17.6 Å². The van der Waals surface area contributed by atoms with Gasteiger partial charge in [0.25, 0.3) is 0 Å². The molecule has 0 aliphatic carbocycles. The molecule has 0 amide bonds. The second-order valence-electron chi connectivity index (χ2n) is 5.03. The molecule has 0 atom stereocenters. The number of anilines is 3. The zero-order valence-electron chi connectivity index (χ0n) is 11.7. The molecule has 0 aliphatic heterocycles. The first-order chi connectivity index (χ1) is 9.77. The molecular formula is C15H16F3N3. The molecule has 0 bridgehead atoms. The lowest BCUT2D eigenvalue weighted by Crippen LogP contribution is -2.09. The van der Waals surface area contributed by atoms with Crippen LogP contribution in [0.25, 0.3) is 0 Å². The number of benzene rings is 1. The highest BCUT2D eigenvalue weighted by Gasteiger charge is 2.31. The Morgan fingerprint density at radius 2 is 1.81 bits per heavy atom. The van der Waals surface area contributed by atoms with Gasteiger partial charge in [0.15, 0.2) is 0 Å². The summed E-state index contributed by atoms with van der Waals surface area (Å²) >= 11 is 0. The van der Waals surface area contributed by atoms with Crippen LogP contribution in [0.15, 0.2) is 36.4 Å². The molecule has 3 nitrogen and oxygen atoms in total. The summed E-state index contributed by atoms with van der Waals surface area (Å²) in [5, 5.41) is 2.92. The lowest BCUT2D eigenvalue weighted by Gasteiger charge is -2.15. The minimum absolute atomic E-state index is 0.0791. The van der Waals surface area contributed by atoms with Gasteiger partial charge in [-0.05, 0) is 29.7 Å². The fourth-order valence-corrected chi connectivity index (χ4v) is 2.03. The second-order valence-corrected chi connectivity index (χ2v) is 5.03. The largest absolute Gasteiger partial charge is 0.416 e. The number of nitrogens with zero attached hydrogens (tertiary/aromatic N) is 1. The number of hydrogen-bond donors (Lipinski definition) is 2. The van der Waals surface area contributed by atoms with Gasteiger partial charge < -0.3 is 11.1 Å². The number of pyridine rings is 1. The Morgan fingerprint density at radius 1 is 1.14 bits per heavy atom. The van der Waals surface area contributed by atoms with E-state index in [0.29, 0.717) is 0 Å². The van der Waals surface area contributed by atoms with E-state index in [1.165, 1.54) is 0 Å². The number of alkyl halides is 3. The average Bonchev–Trinajstić information content (AvgIpc) is 2.37. The third-order valence-corrected chi connectivity index (χ3v) is 3.02. The maximum atomic E-state index is 12.8. The number of para-hydroxylation sites is 1. The van der Waals surface area contributed by atoms with E-state index < -0.39 is 11.7 Å². The van der Waals surface area contributed by atoms with Crippen LogP contribution in [0.1, 0.15) is 30.9 Å². The standard InChI is InChI=1S/C15H16F3N3/c1-9(2)11-5-3-4-6-12(11)20-14-8-10(15(16,17)18)7-13(19)21-14/h3-9H,1-2H3,(H3,19,20,21). The van der Waals surface area contributed by atoms with Crippen molar-refractivity contribution < 1.29 is 13.2 Å².